The number of para-hydroxylation sites is 1. The average molecular weight is 254 g/mol. The smallest absolute Gasteiger partial charge is 0.115 e. The van der Waals surface area contributed by atoms with Crippen LogP contribution < -0.4 is 0 Å². The lowest BCUT2D eigenvalue weighted by atomic mass is 9.85. The Bertz CT molecular complexity index is 611. The molecule has 1 saturated carbocycles. The summed E-state index contributed by atoms with van der Waals surface area (Å²) >= 11 is 0. The van der Waals surface area contributed by atoms with E-state index >= 15 is 0 Å². The average Bonchev–Trinajstić information content (AvgIpc) is 2.85. The molecule has 1 aromatic carbocycles. The van der Waals surface area contributed by atoms with E-state index in [1.165, 1.54) is 25.0 Å². The first kappa shape index (κ1) is 12.1. The Morgan fingerprint density at radius 3 is 3.16 bits per heavy atom. The zero-order chi connectivity index (χ0) is 13.1. The molecule has 4 nitrogen and oxygen atoms in total. The van der Waals surface area contributed by atoms with Gasteiger partial charge in [0.25, 0.3) is 0 Å². The second-order valence-corrected chi connectivity index (χ2v) is 5.03. The van der Waals surface area contributed by atoms with E-state index in [1.54, 1.807) is 4.79 Å². The molecule has 1 aliphatic rings. The third-order valence-corrected chi connectivity index (χ3v) is 3.72. The predicted molar refractivity (Wildman–Crippen MR) is 77.1 cm³/mol. The lowest BCUT2D eigenvalue weighted by Gasteiger charge is -2.22. The fraction of sp³-hybridized carbons (Fsp3) is 0.400. The van der Waals surface area contributed by atoms with Crippen LogP contribution in [0, 0.1) is 5.92 Å². The van der Waals surface area contributed by atoms with Gasteiger partial charge in [0.1, 0.15) is 11.0 Å². The number of nitrogens with zero attached hydrogens (tertiary/aromatic N) is 4. The van der Waals surface area contributed by atoms with Crippen LogP contribution in [0.4, 0.5) is 0 Å². The van der Waals surface area contributed by atoms with Crippen LogP contribution in [-0.4, -0.2) is 20.8 Å². The van der Waals surface area contributed by atoms with E-state index in [1.807, 2.05) is 30.3 Å². The summed E-state index contributed by atoms with van der Waals surface area (Å²) < 4.78 is 0. The van der Waals surface area contributed by atoms with Crippen molar-refractivity contribution >= 4 is 16.7 Å². The summed E-state index contributed by atoms with van der Waals surface area (Å²) in [7, 11) is 0. The molecule has 1 fully saturated rings. The molecule has 1 atom stereocenters. The Balaban J connectivity index is 1.96. The maximum atomic E-state index is 4.72. The Morgan fingerprint density at radius 2 is 2.26 bits per heavy atom. The van der Waals surface area contributed by atoms with Crippen LogP contribution in [-0.2, 0) is 0 Å². The summed E-state index contributed by atoms with van der Waals surface area (Å²) in [5.74, 6) is 0.522. The molecule has 1 unspecified atom stereocenters. The summed E-state index contributed by atoms with van der Waals surface area (Å²) in [4.78, 5) is 1.67. The molecule has 2 aromatic rings. The highest BCUT2D eigenvalue weighted by Gasteiger charge is 2.20. The second-order valence-electron chi connectivity index (χ2n) is 5.03. The molecule has 4 heteroatoms. The van der Waals surface area contributed by atoms with Gasteiger partial charge in [-0.05, 0) is 43.0 Å². The topological polar surface area (TPSA) is 43.1 Å². The van der Waals surface area contributed by atoms with Gasteiger partial charge in [-0.25, -0.2) is 0 Å². The largest absolute Gasteiger partial charge is 0.158 e. The minimum absolute atomic E-state index is 0.522. The fourth-order valence-corrected chi connectivity index (χ4v) is 2.71. The SMILES string of the molecule is C=CCC1CCCC/C1=N\n1nnc2ccccc21. The van der Waals surface area contributed by atoms with Crippen LogP contribution in [0.5, 0.6) is 0 Å². The van der Waals surface area contributed by atoms with Crippen molar-refractivity contribution in [2.24, 2.45) is 11.0 Å². The van der Waals surface area contributed by atoms with Crippen LogP contribution in [0.15, 0.2) is 42.0 Å². The Labute approximate surface area is 112 Å². The minimum atomic E-state index is 0.522. The molecule has 0 bridgehead atoms. The lowest BCUT2D eigenvalue weighted by molar-refractivity contribution is 0.522. The first-order valence-electron chi connectivity index (χ1n) is 6.87. The van der Waals surface area contributed by atoms with Gasteiger partial charge in [0.05, 0.1) is 0 Å². The van der Waals surface area contributed by atoms with Crippen LogP contribution >= 0.6 is 0 Å². The maximum absolute atomic E-state index is 4.72. The van der Waals surface area contributed by atoms with Gasteiger partial charge in [0, 0.05) is 11.6 Å². The van der Waals surface area contributed by atoms with Crippen molar-refractivity contribution in [2.75, 3.05) is 0 Å². The van der Waals surface area contributed by atoms with Gasteiger partial charge in [0.15, 0.2) is 0 Å². The Morgan fingerprint density at radius 1 is 1.37 bits per heavy atom. The van der Waals surface area contributed by atoms with E-state index in [0.717, 1.165) is 23.9 Å². The van der Waals surface area contributed by atoms with Crippen molar-refractivity contribution in [3.8, 4) is 0 Å². The van der Waals surface area contributed by atoms with Gasteiger partial charge >= 0.3 is 0 Å². The van der Waals surface area contributed by atoms with Crippen molar-refractivity contribution in [1.29, 1.82) is 0 Å². The van der Waals surface area contributed by atoms with E-state index in [-0.39, 0.29) is 0 Å². The molecule has 0 saturated heterocycles. The van der Waals surface area contributed by atoms with Gasteiger partial charge in [-0.15, -0.1) is 16.5 Å². The summed E-state index contributed by atoms with van der Waals surface area (Å²) in [5.41, 5.74) is 3.10. The number of aromatic nitrogens is 3. The maximum Gasteiger partial charge on any atom is 0.115 e. The molecule has 0 radical (unpaired) electrons. The lowest BCUT2D eigenvalue weighted by Crippen LogP contribution is -2.20. The van der Waals surface area contributed by atoms with E-state index < -0.39 is 0 Å². The third-order valence-electron chi connectivity index (χ3n) is 3.72. The molecule has 98 valence electrons. The highest BCUT2D eigenvalue weighted by Crippen LogP contribution is 2.25. The third kappa shape index (κ3) is 2.43. The van der Waals surface area contributed by atoms with Gasteiger partial charge in [-0.2, -0.15) is 5.10 Å². The van der Waals surface area contributed by atoms with Crippen molar-refractivity contribution in [3.05, 3.63) is 36.9 Å². The second kappa shape index (κ2) is 5.34. The quantitative estimate of drug-likeness (QED) is 0.788. The van der Waals surface area contributed by atoms with Crippen molar-refractivity contribution in [2.45, 2.75) is 32.1 Å². The highest BCUT2D eigenvalue weighted by molar-refractivity contribution is 5.88. The van der Waals surface area contributed by atoms with Crippen LogP contribution in [0.3, 0.4) is 0 Å². The number of fused-ring (bicyclic) bond motifs is 1. The molecule has 0 amide bonds. The normalized spacial score (nSPS) is 21.9. The molecule has 0 N–H and O–H groups in total. The number of benzene rings is 1. The van der Waals surface area contributed by atoms with E-state index in [0.29, 0.717) is 5.92 Å². The standard InChI is InChI=1S/C15H18N4/c1-2-7-12-8-3-4-9-13(12)17-19-15-11-6-5-10-14(15)16-18-19/h2,5-6,10-12H,1,3-4,7-9H2/b17-13+. The molecule has 3 rings (SSSR count). The molecule has 1 aromatic heterocycles. The molecular formula is C15H18N4. The predicted octanol–water partition coefficient (Wildman–Crippen LogP) is 3.40. The zero-order valence-electron chi connectivity index (χ0n) is 11.0. The number of hydrogen-bond acceptors (Lipinski definition) is 3. The fourth-order valence-electron chi connectivity index (χ4n) is 2.71. The first-order chi connectivity index (χ1) is 9.38. The van der Waals surface area contributed by atoms with Gasteiger partial charge < -0.3 is 0 Å². The number of hydrogen-bond donors (Lipinski definition) is 0. The van der Waals surface area contributed by atoms with Crippen molar-refractivity contribution < 1.29 is 0 Å². The molecule has 1 heterocycles. The molecule has 19 heavy (non-hydrogen) atoms. The highest BCUT2D eigenvalue weighted by atomic mass is 15.6. The monoisotopic (exact) mass is 254 g/mol. The minimum Gasteiger partial charge on any atom is -0.158 e. The van der Waals surface area contributed by atoms with Crippen molar-refractivity contribution in [1.82, 2.24) is 15.1 Å². The molecule has 0 aliphatic heterocycles. The number of rotatable bonds is 3. The van der Waals surface area contributed by atoms with Crippen LogP contribution in [0.25, 0.3) is 11.0 Å². The molecular weight excluding hydrogens is 236 g/mol. The number of allylic oxidation sites excluding steroid dienone is 1. The molecule has 0 spiro atoms. The van der Waals surface area contributed by atoms with E-state index in [4.69, 9.17) is 5.10 Å². The van der Waals surface area contributed by atoms with E-state index in [9.17, 15) is 0 Å². The first-order valence-corrected chi connectivity index (χ1v) is 6.87. The summed E-state index contributed by atoms with van der Waals surface area (Å²) in [5, 5.41) is 13.0. The van der Waals surface area contributed by atoms with Gasteiger partial charge in [0.2, 0.25) is 0 Å². The Hall–Kier alpha value is -1.97. The van der Waals surface area contributed by atoms with E-state index in [2.05, 4.69) is 16.9 Å². The van der Waals surface area contributed by atoms with Crippen LogP contribution in [0.1, 0.15) is 32.1 Å². The molecule has 1 aliphatic carbocycles. The van der Waals surface area contributed by atoms with Crippen molar-refractivity contribution in [3.63, 3.8) is 0 Å². The summed E-state index contributed by atoms with van der Waals surface area (Å²) in [6.45, 7) is 3.85. The Kier molecular flexibility index (Phi) is 3.40. The summed E-state index contributed by atoms with van der Waals surface area (Å²) in [6.07, 6.45) is 7.77. The zero-order valence-corrected chi connectivity index (χ0v) is 11.0. The van der Waals surface area contributed by atoms with Gasteiger partial charge in [-0.1, -0.05) is 24.6 Å². The van der Waals surface area contributed by atoms with Gasteiger partial charge in [-0.3, -0.25) is 0 Å². The summed E-state index contributed by atoms with van der Waals surface area (Å²) in [6, 6.07) is 7.92. The van der Waals surface area contributed by atoms with Crippen LogP contribution in [0.2, 0.25) is 0 Å².